The molecule has 1 aromatic rings. The number of nitrogens with zero attached hydrogens (tertiary/aromatic N) is 2. The predicted molar refractivity (Wildman–Crippen MR) is 83.7 cm³/mol. The van der Waals surface area contributed by atoms with Gasteiger partial charge in [-0.1, -0.05) is 12.2 Å². The highest BCUT2D eigenvalue weighted by atomic mass is 32.1. The van der Waals surface area contributed by atoms with Crippen LogP contribution in [-0.4, -0.2) is 34.7 Å². The van der Waals surface area contributed by atoms with Crippen LogP contribution in [0.15, 0.2) is 0 Å². The van der Waals surface area contributed by atoms with Crippen molar-refractivity contribution in [1.82, 2.24) is 15.5 Å². The number of hydrogen-bond donors (Lipinski definition) is 3. The normalized spacial score (nSPS) is 11.1. The van der Waals surface area contributed by atoms with Crippen molar-refractivity contribution < 1.29 is 4.79 Å². The van der Waals surface area contributed by atoms with Gasteiger partial charge in [-0.05, 0) is 33.3 Å². The molecular formula is C13H21N5OS. The van der Waals surface area contributed by atoms with Gasteiger partial charge in [0.15, 0.2) is 5.82 Å². The molecule has 0 fully saturated rings. The first-order valence-electron chi connectivity index (χ1n) is 6.30. The second-order valence-corrected chi connectivity index (χ2v) is 5.75. The lowest BCUT2D eigenvalue weighted by Gasteiger charge is -2.24. The van der Waals surface area contributed by atoms with Crippen LogP contribution in [0, 0.1) is 19.3 Å². The van der Waals surface area contributed by atoms with Gasteiger partial charge >= 0.3 is 0 Å². The Labute approximate surface area is 124 Å². The maximum Gasteiger partial charge on any atom is 0.227 e. The Morgan fingerprint density at radius 3 is 2.45 bits per heavy atom. The van der Waals surface area contributed by atoms with Gasteiger partial charge in [0.1, 0.15) is 4.99 Å². The Kier molecular flexibility index (Phi) is 4.99. The first-order chi connectivity index (χ1) is 9.20. The third-order valence-corrected chi connectivity index (χ3v) is 3.44. The van der Waals surface area contributed by atoms with E-state index in [1.807, 2.05) is 27.7 Å². The standard InChI is InChI=1S/C13H21N5OS/c1-7-8(2)17-18-11(9(7)10(14)20)16-6-13(3,4)12(19)15-5/h6H2,1-5H3,(H2,14,20)(H,15,19)(H,16,18). The van der Waals surface area contributed by atoms with Crippen molar-refractivity contribution in [1.29, 1.82) is 0 Å². The first kappa shape index (κ1) is 16.3. The molecule has 0 aromatic carbocycles. The highest BCUT2D eigenvalue weighted by Gasteiger charge is 2.27. The molecule has 0 saturated carbocycles. The number of aromatic nitrogens is 2. The van der Waals surface area contributed by atoms with E-state index in [9.17, 15) is 4.79 Å². The maximum atomic E-state index is 11.8. The minimum absolute atomic E-state index is 0.0568. The second-order valence-electron chi connectivity index (χ2n) is 5.31. The largest absolute Gasteiger partial charge is 0.389 e. The van der Waals surface area contributed by atoms with E-state index in [1.54, 1.807) is 7.05 Å². The zero-order chi connectivity index (χ0) is 15.5. The highest BCUT2D eigenvalue weighted by Crippen LogP contribution is 2.21. The van der Waals surface area contributed by atoms with Gasteiger partial charge in [0, 0.05) is 13.6 Å². The van der Waals surface area contributed by atoms with Crippen LogP contribution in [0.3, 0.4) is 0 Å². The average Bonchev–Trinajstić information content (AvgIpc) is 2.38. The molecule has 6 nitrogen and oxygen atoms in total. The molecule has 0 bridgehead atoms. The predicted octanol–water partition coefficient (Wildman–Crippen LogP) is 0.912. The third kappa shape index (κ3) is 3.41. The zero-order valence-electron chi connectivity index (χ0n) is 12.5. The molecule has 0 unspecified atom stereocenters. The molecule has 20 heavy (non-hydrogen) atoms. The quantitative estimate of drug-likeness (QED) is 0.699. The van der Waals surface area contributed by atoms with Crippen LogP contribution in [0.1, 0.15) is 30.7 Å². The SMILES string of the molecule is CNC(=O)C(C)(C)CNc1nnc(C)c(C)c1C(N)=S. The number of amides is 1. The summed E-state index contributed by atoms with van der Waals surface area (Å²) in [5.74, 6) is 0.455. The van der Waals surface area contributed by atoms with Gasteiger partial charge in [-0.25, -0.2) is 0 Å². The summed E-state index contributed by atoms with van der Waals surface area (Å²) in [4.78, 5) is 12.0. The van der Waals surface area contributed by atoms with Crippen molar-refractivity contribution in [2.75, 3.05) is 18.9 Å². The van der Waals surface area contributed by atoms with E-state index in [0.29, 0.717) is 17.9 Å². The van der Waals surface area contributed by atoms with E-state index in [1.165, 1.54) is 0 Å². The van der Waals surface area contributed by atoms with Gasteiger partial charge in [0.05, 0.1) is 16.7 Å². The maximum absolute atomic E-state index is 11.8. The molecule has 0 saturated heterocycles. The summed E-state index contributed by atoms with van der Waals surface area (Å²) in [5, 5.41) is 13.9. The van der Waals surface area contributed by atoms with Crippen LogP contribution in [0.2, 0.25) is 0 Å². The molecule has 0 spiro atoms. The zero-order valence-corrected chi connectivity index (χ0v) is 13.3. The van der Waals surface area contributed by atoms with Crippen LogP contribution in [-0.2, 0) is 4.79 Å². The minimum Gasteiger partial charge on any atom is -0.389 e. The lowest BCUT2D eigenvalue weighted by molar-refractivity contribution is -0.128. The van der Waals surface area contributed by atoms with Crippen molar-refractivity contribution in [3.05, 3.63) is 16.8 Å². The van der Waals surface area contributed by atoms with E-state index in [4.69, 9.17) is 18.0 Å². The van der Waals surface area contributed by atoms with Crippen LogP contribution in [0.4, 0.5) is 5.82 Å². The smallest absolute Gasteiger partial charge is 0.227 e. The van der Waals surface area contributed by atoms with E-state index < -0.39 is 5.41 Å². The van der Waals surface area contributed by atoms with Crippen molar-refractivity contribution in [3.8, 4) is 0 Å². The molecule has 0 radical (unpaired) electrons. The van der Waals surface area contributed by atoms with Crippen LogP contribution >= 0.6 is 12.2 Å². The monoisotopic (exact) mass is 295 g/mol. The summed E-state index contributed by atoms with van der Waals surface area (Å²) < 4.78 is 0. The first-order valence-corrected chi connectivity index (χ1v) is 6.71. The molecule has 1 aromatic heterocycles. The summed E-state index contributed by atoms with van der Waals surface area (Å²) in [7, 11) is 1.61. The molecule has 0 atom stereocenters. The molecule has 1 rings (SSSR count). The number of nitrogens with one attached hydrogen (secondary N) is 2. The topological polar surface area (TPSA) is 92.9 Å². The number of hydrogen-bond acceptors (Lipinski definition) is 5. The summed E-state index contributed by atoms with van der Waals surface area (Å²) in [6, 6.07) is 0. The molecule has 0 aliphatic rings. The average molecular weight is 295 g/mol. The van der Waals surface area contributed by atoms with Gasteiger partial charge in [0.25, 0.3) is 0 Å². The summed E-state index contributed by atoms with van der Waals surface area (Å²) >= 11 is 5.07. The molecular weight excluding hydrogens is 274 g/mol. The van der Waals surface area contributed by atoms with Gasteiger partial charge in [0.2, 0.25) is 5.91 Å². The van der Waals surface area contributed by atoms with Gasteiger partial charge in [-0.3, -0.25) is 4.79 Å². The summed E-state index contributed by atoms with van der Waals surface area (Å²) in [6.45, 7) is 7.83. The van der Waals surface area contributed by atoms with E-state index in [-0.39, 0.29) is 10.9 Å². The van der Waals surface area contributed by atoms with Crippen molar-refractivity contribution in [2.24, 2.45) is 11.1 Å². The van der Waals surface area contributed by atoms with Gasteiger partial charge in [-0.15, -0.1) is 5.10 Å². The molecule has 4 N–H and O–H groups in total. The highest BCUT2D eigenvalue weighted by molar-refractivity contribution is 7.80. The number of aryl methyl sites for hydroxylation is 1. The molecule has 1 heterocycles. The third-order valence-electron chi connectivity index (χ3n) is 3.24. The Hall–Kier alpha value is -1.76. The Balaban J connectivity index is 3.02. The lowest BCUT2D eigenvalue weighted by atomic mass is 9.92. The fourth-order valence-electron chi connectivity index (χ4n) is 1.76. The van der Waals surface area contributed by atoms with Crippen molar-refractivity contribution >= 4 is 28.9 Å². The summed E-state index contributed by atoms with van der Waals surface area (Å²) in [5.41, 5.74) is 7.53. The van der Waals surface area contributed by atoms with Crippen LogP contribution < -0.4 is 16.4 Å². The molecule has 110 valence electrons. The van der Waals surface area contributed by atoms with E-state index in [2.05, 4.69) is 20.8 Å². The fourth-order valence-corrected chi connectivity index (χ4v) is 2.01. The van der Waals surface area contributed by atoms with E-state index in [0.717, 1.165) is 11.3 Å². The number of anilines is 1. The van der Waals surface area contributed by atoms with E-state index >= 15 is 0 Å². The number of carbonyl (C=O) groups excluding carboxylic acids is 1. The Bertz CT molecular complexity index is 542. The fraction of sp³-hybridized carbons (Fsp3) is 0.538. The summed E-state index contributed by atoms with van der Waals surface area (Å²) in [6.07, 6.45) is 0. The molecule has 1 amide bonds. The minimum atomic E-state index is -0.581. The molecule has 0 aliphatic carbocycles. The molecule has 0 aliphatic heterocycles. The molecule has 7 heteroatoms. The van der Waals surface area contributed by atoms with Gasteiger partial charge in [-0.2, -0.15) is 5.10 Å². The van der Waals surface area contributed by atoms with Crippen LogP contribution in [0.25, 0.3) is 0 Å². The number of thiocarbonyl (C=S) groups is 1. The Morgan fingerprint density at radius 2 is 1.95 bits per heavy atom. The van der Waals surface area contributed by atoms with Gasteiger partial charge < -0.3 is 16.4 Å². The number of carbonyl (C=O) groups is 1. The Morgan fingerprint density at radius 1 is 1.35 bits per heavy atom. The van der Waals surface area contributed by atoms with Crippen molar-refractivity contribution in [2.45, 2.75) is 27.7 Å². The number of rotatable bonds is 5. The van der Waals surface area contributed by atoms with Crippen LogP contribution in [0.5, 0.6) is 0 Å². The van der Waals surface area contributed by atoms with Crippen molar-refractivity contribution in [3.63, 3.8) is 0 Å². The lowest BCUT2D eigenvalue weighted by Crippen LogP contribution is -2.40. The number of nitrogens with two attached hydrogens (primary N) is 1. The second kappa shape index (κ2) is 6.13.